The van der Waals surface area contributed by atoms with Crippen LogP contribution < -0.4 is 5.32 Å². The average Bonchev–Trinajstić information content (AvgIpc) is 3.10. The molecule has 18 heteroatoms. The zero-order chi connectivity index (χ0) is 36.3. The van der Waals surface area contributed by atoms with Gasteiger partial charge in [0.2, 0.25) is 5.91 Å². The molecule has 0 spiro atoms. The molecule has 0 heterocycles. The molecule has 1 amide bonds. The molecule has 0 atom stereocenters. The lowest BCUT2D eigenvalue weighted by molar-refractivity contribution is -0.143. The molecule has 0 rings (SSSR count). The number of rotatable bonds is 44. The first-order valence-electron chi connectivity index (χ1n) is 16.9. The molecule has 0 saturated heterocycles. The number of carboxylic acids is 1. The van der Waals surface area contributed by atoms with Crippen molar-refractivity contribution in [2.75, 3.05) is 185 Å². The van der Waals surface area contributed by atoms with Crippen LogP contribution in [0.1, 0.15) is 0 Å². The van der Waals surface area contributed by atoms with Crippen LogP contribution >= 0.6 is 0 Å². The highest BCUT2D eigenvalue weighted by molar-refractivity contribution is 5.77. The van der Waals surface area contributed by atoms with E-state index in [0.717, 1.165) is 0 Å². The van der Waals surface area contributed by atoms with E-state index in [0.29, 0.717) is 172 Å². The SMILES string of the molecule is C=COCCOCCOCCOCCOCCOCCOCCOCCOCCOCCOCCOCCOCCNC(=O)COCC(=O)O. The molecular weight excluding hydrogens is 670 g/mol. The highest BCUT2D eigenvalue weighted by Gasteiger charge is 2.03. The number of nitrogens with one attached hydrogen (secondary N) is 1. The molecule has 0 aromatic heterocycles. The Balaban J connectivity index is 3.09. The van der Waals surface area contributed by atoms with Gasteiger partial charge in [0.05, 0.1) is 165 Å². The summed E-state index contributed by atoms with van der Waals surface area (Å²) < 4.78 is 74.7. The summed E-state index contributed by atoms with van der Waals surface area (Å²) in [5.41, 5.74) is 0. The second kappa shape index (κ2) is 43.1. The molecule has 0 aliphatic heterocycles. The summed E-state index contributed by atoms with van der Waals surface area (Å²) in [4.78, 5) is 21.6. The van der Waals surface area contributed by atoms with Gasteiger partial charge in [-0.15, -0.1) is 0 Å². The third-order valence-corrected chi connectivity index (χ3v) is 5.58. The number of aliphatic carboxylic acids is 1. The summed E-state index contributed by atoms with van der Waals surface area (Å²) in [6.07, 6.45) is 1.39. The highest BCUT2D eigenvalue weighted by Crippen LogP contribution is 1.88. The minimum atomic E-state index is -1.13. The first-order valence-corrected chi connectivity index (χ1v) is 16.9. The second-order valence-corrected chi connectivity index (χ2v) is 9.62. The number of carboxylic acid groups (broad SMARTS) is 1. The summed E-state index contributed by atoms with van der Waals surface area (Å²) in [5.74, 6) is -1.52. The molecule has 296 valence electrons. The van der Waals surface area contributed by atoms with Crippen LogP contribution in [0.2, 0.25) is 0 Å². The lowest BCUT2D eigenvalue weighted by Crippen LogP contribution is -2.31. The predicted octanol–water partition coefficient (Wildman–Crippen LogP) is -0.437. The molecule has 0 unspecified atom stereocenters. The third-order valence-electron chi connectivity index (χ3n) is 5.58. The zero-order valence-electron chi connectivity index (χ0n) is 29.6. The van der Waals surface area contributed by atoms with Gasteiger partial charge in [0.15, 0.2) is 0 Å². The van der Waals surface area contributed by atoms with Gasteiger partial charge in [0.25, 0.3) is 0 Å². The predicted molar refractivity (Wildman–Crippen MR) is 177 cm³/mol. The van der Waals surface area contributed by atoms with Crippen molar-refractivity contribution in [2.45, 2.75) is 0 Å². The van der Waals surface area contributed by atoms with E-state index in [9.17, 15) is 9.59 Å². The van der Waals surface area contributed by atoms with Gasteiger partial charge in [0, 0.05) is 6.54 Å². The van der Waals surface area contributed by atoms with Gasteiger partial charge in [-0.2, -0.15) is 0 Å². The average molecular weight is 732 g/mol. The maximum absolute atomic E-state index is 11.4. The number of hydrogen-bond donors (Lipinski definition) is 2. The van der Waals surface area contributed by atoms with E-state index in [4.69, 9.17) is 66.7 Å². The van der Waals surface area contributed by atoms with Gasteiger partial charge in [-0.25, -0.2) is 4.79 Å². The maximum atomic E-state index is 11.4. The molecule has 0 aromatic carbocycles. The van der Waals surface area contributed by atoms with Crippen molar-refractivity contribution in [2.24, 2.45) is 0 Å². The second-order valence-electron chi connectivity index (χ2n) is 9.62. The number of amides is 1. The highest BCUT2D eigenvalue weighted by atomic mass is 16.6. The van der Waals surface area contributed by atoms with Crippen LogP contribution in [0.25, 0.3) is 0 Å². The third kappa shape index (κ3) is 44.0. The van der Waals surface area contributed by atoms with Gasteiger partial charge in [-0.3, -0.25) is 4.79 Å². The number of hydrogen-bond acceptors (Lipinski definition) is 16. The zero-order valence-corrected chi connectivity index (χ0v) is 29.6. The van der Waals surface area contributed by atoms with Crippen molar-refractivity contribution >= 4 is 11.9 Å². The Labute approximate surface area is 296 Å². The van der Waals surface area contributed by atoms with Gasteiger partial charge in [-0.1, -0.05) is 6.58 Å². The smallest absolute Gasteiger partial charge is 0.329 e. The van der Waals surface area contributed by atoms with E-state index in [1.54, 1.807) is 0 Å². The molecule has 0 aliphatic carbocycles. The van der Waals surface area contributed by atoms with Crippen molar-refractivity contribution in [3.8, 4) is 0 Å². The molecule has 18 nitrogen and oxygen atoms in total. The van der Waals surface area contributed by atoms with E-state index in [-0.39, 0.29) is 6.61 Å². The Hall–Kier alpha value is -2.04. The molecule has 0 aliphatic rings. The van der Waals surface area contributed by atoms with Crippen LogP contribution in [0.3, 0.4) is 0 Å². The van der Waals surface area contributed by atoms with Gasteiger partial charge in [-0.05, 0) is 0 Å². The van der Waals surface area contributed by atoms with Crippen LogP contribution in [0.4, 0.5) is 0 Å². The largest absolute Gasteiger partial charge is 0.499 e. The fourth-order valence-corrected chi connectivity index (χ4v) is 3.26. The van der Waals surface area contributed by atoms with Crippen LogP contribution in [-0.4, -0.2) is 202 Å². The van der Waals surface area contributed by atoms with Crippen molar-refractivity contribution in [3.63, 3.8) is 0 Å². The molecule has 0 radical (unpaired) electrons. The summed E-state index contributed by atoms with van der Waals surface area (Å²) in [5, 5.41) is 11.0. The Morgan fingerprint density at radius 1 is 0.400 bits per heavy atom. The van der Waals surface area contributed by atoms with Crippen LogP contribution in [0.5, 0.6) is 0 Å². The topological polar surface area (TPSA) is 196 Å². The van der Waals surface area contributed by atoms with Crippen molar-refractivity contribution in [1.82, 2.24) is 5.32 Å². The Morgan fingerprint density at radius 2 is 0.660 bits per heavy atom. The first kappa shape index (κ1) is 48.0. The summed E-state index contributed by atoms with van der Waals surface area (Å²) in [6, 6.07) is 0. The van der Waals surface area contributed by atoms with Gasteiger partial charge in [0.1, 0.15) is 19.8 Å². The van der Waals surface area contributed by atoms with Crippen LogP contribution in [-0.2, 0) is 75.9 Å². The summed E-state index contributed by atoms with van der Waals surface area (Å²) >= 11 is 0. The molecule has 0 saturated carbocycles. The number of carbonyl (C=O) groups is 2. The molecule has 0 aromatic rings. The molecule has 50 heavy (non-hydrogen) atoms. The minimum Gasteiger partial charge on any atom is -0.499 e. The summed E-state index contributed by atoms with van der Waals surface area (Å²) in [6.45, 7) is 14.7. The number of carbonyl (C=O) groups excluding carboxylic acids is 1. The Kier molecular flexibility index (Phi) is 41.4. The normalized spacial score (nSPS) is 11.2. The van der Waals surface area contributed by atoms with E-state index in [1.807, 2.05) is 0 Å². The fraction of sp³-hybridized carbons (Fsp3) is 0.875. The minimum absolute atomic E-state index is 0.298. The van der Waals surface area contributed by atoms with Crippen molar-refractivity contribution in [3.05, 3.63) is 12.8 Å². The van der Waals surface area contributed by atoms with E-state index < -0.39 is 18.5 Å². The van der Waals surface area contributed by atoms with Gasteiger partial charge < -0.3 is 76.7 Å². The van der Waals surface area contributed by atoms with Crippen molar-refractivity contribution < 1.29 is 81.0 Å². The Bertz CT molecular complexity index is 722. The molecule has 2 N–H and O–H groups in total. The maximum Gasteiger partial charge on any atom is 0.329 e. The van der Waals surface area contributed by atoms with E-state index in [2.05, 4.69) is 16.6 Å². The Morgan fingerprint density at radius 3 is 0.920 bits per heavy atom. The van der Waals surface area contributed by atoms with Gasteiger partial charge >= 0.3 is 5.97 Å². The van der Waals surface area contributed by atoms with Crippen LogP contribution in [0.15, 0.2) is 12.8 Å². The van der Waals surface area contributed by atoms with E-state index in [1.165, 1.54) is 6.26 Å². The fourth-order valence-electron chi connectivity index (χ4n) is 3.26. The first-order chi connectivity index (χ1) is 24.7. The van der Waals surface area contributed by atoms with E-state index >= 15 is 0 Å². The monoisotopic (exact) mass is 731 g/mol. The standard InChI is InChI=1S/C32H61NO17/c1-2-37-5-6-39-9-10-41-13-14-43-17-18-45-21-22-47-25-26-49-28-27-48-24-23-46-20-19-44-16-15-42-12-11-40-8-7-38-4-3-33-31(34)29-50-30-32(35)36/h2H,1,3-30H2,(H,33,34)(H,35,36). The molecular formula is C32H61NO17. The lowest BCUT2D eigenvalue weighted by Gasteiger charge is -2.09. The summed E-state index contributed by atoms with van der Waals surface area (Å²) in [7, 11) is 0. The molecule has 0 fully saturated rings. The van der Waals surface area contributed by atoms with Crippen LogP contribution in [0, 0.1) is 0 Å². The number of ether oxygens (including phenoxy) is 14. The lowest BCUT2D eigenvalue weighted by atomic mass is 10.6. The molecule has 0 bridgehead atoms. The van der Waals surface area contributed by atoms with Crippen molar-refractivity contribution in [1.29, 1.82) is 0 Å². The quantitative estimate of drug-likeness (QED) is 0.0604.